The molecule has 0 unspecified atom stereocenters. The summed E-state index contributed by atoms with van der Waals surface area (Å²) in [6.45, 7) is 22.2. The number of alkyl carbamates (subject to hydrolysis) is 1. The van der Waals surface area contributed by atoms with Gasteiger partial charge < -0.3 is 14.5 Å². The summed E-state index contributed by atoms with van der Waals surface area (Å²) < 4.78 is 6.63. The molecule has 0 heterocycles. The highest BCUT2D eigenvalue weighted by Gasteiger charge is 2.24. The first-order valence-electron chi connectivity index (χ1n) is 11.3. The van der Waals surface area contributed by atoms with Crippen LogP contribution in [0.4, 0.5) is 4.79 Å². The zero-order chi connectivity index (χ0) is 21.9. The van der Waals surface area contributed by atoms with Crippen molar-refractivity contribution in [3.63, 3.8) is 0 Å². The maximum Gasteiger partial charge on any atom is 0.407 e. The number of allylic oxidation sites excluding steroid dienone is 1. The van der Waals surface area contributed by atoms with Crippen LogP contribution in [-0.2, 0) is 10.3 Å². The van der Waals surface area contributed by atoms with Gasteiger partial charge in [-0.05, 0) is 84.4 Å². The first kappa shape index (κ1) is 25.2. The van der Waals surface area contributed by atoms with Crippen molar-refractivity contribution in [2.75, 3.05) is 32.8 Å². The third-order valence-electron chi connectivity index (χ3n) is 6.26. The molecular weight excluding hydrogens is 360 g/mol. The average Bonchev–Trinajstić information content (AvgIpc) is 2.70. The molecule has 1 amide bonds. The predicted molar refractivity (Wildman–Crippen MR) is 124 cm³/mol. The molecule has 0 atom stereocenters. The number of nitrogens with one attached hydrogen (secondary N) is 1. The Hall–Kier alpha value is -1.81. The van der Waals surface area contributed by atoms with Crippen molar-refractivity contribution in [3.05, 3.63) is 42.0 Å². The Bertz CT molecular complexity index is 640. The lowest BCUT2D eigenvalue weighted by Gasteiger charge is -2.35. The first-order valence-corrected chi connectivity index (χ1v) is 11.3. The van der Waals surface area contributed by atoms with Crippen LogP contribution in [0.25, 0.3) is 5.57 Å². The molecule has 1 N–H and O–H groups in total. The maximum atomic E-state index is 12.2. The molecule has 1 aromatic carbocycles. The van der Waals surface area contributed by atoms with E-state index in [1.54, 1.807) is 0 Å². The summed E-state index contributed by atoms with van der Waals surface area (Å²) in [5.41, 5.74) is 2.64. The second kappa shape index (κ2) is 12.0. The van der Waals surface area contributed by atoms with Crippen molar-refractivity contribution >= 4 is 11.7 Å². The van der Waals surface area contributed by atoms with Gasteiger partial charge in [-0.15, -0.1) is 0 Å². The second-order valence-corrected chi connectivity index (χ2v) is 8.68. The first-order chi connectivity index (χ1) is 13.7. The minimum atomic E-state index is -0.496. The maximum absolute atomic E-state index is 12.2. The summed E-state index contributed by atoms with van der Waals surface area (Å²) in [6, 6.07) is 8.13. The van der Waals surface area contributed by atoms with Crippen molar-refractivity contribution in [2.24, 2.45) is 0 Å². The standard InChI is InChI=1S/C25H42N2O2/c1-8-27(9-2,10-3)18-13-11-12-14-19-29-24(28)26-25(6,7)23-17-15-16-22(20-23)21(4)5/h15-17,20H,4,8-14,18-19H2,1-3,5-7H3/p+1. The van der Waals surface area contributed by atoms with E-state index in [1.807, 2.05) is 39.0 Å². The number of benzene rings is 1. The quantitative estimate of drug-likeness (QED) is 0.318. The number of unbranched alkanes of at least 4 members (excludes halogenated alkanes) is 3. The van der Waals surface area contributed by atoms with Crippen molar-refractivity contribution in [1.82, 2.24) is 5.32 Å². The summed E-state index contributed by atoms with van der Waals surface area (Å²) in [5, 5.41) is 2.99. The summed E-state index contributed by atoms with van der Waals surface area (Å²) in [4.78, 5) is 12.2. The summed E-state index contributed by atoms with van der Waals surface area (Å²) in [6.07, 6.45) is 4.12. The van der Waals surface area contributed by atoms with E-state index < -0.39 is 5.54 Å². The van der Waals surface area contributed by atoms with E-state index in [-0.39, 0.29) is 6.09 Å². The number of hydrogen-bond donors (Lipinski definition) is 1. The number of nitrogens with zero attached hydrogens (tertiary/aromatic N) is 1. The summed E-state index contributed by atoms with van der Waals surface area (Å²) >= 11 is 0. The fraction of sp³-hybridized carbons (Fsp3) is 0.640. The van der Waals surface area contributed by atoms with Gasteiger partial charge in [-0.3, -0.25) is 0 Å². The molecule has 0 aliphatic carbocycles. The highest BCUT2D eigenvalue weighted by atomic mass is 16.5. The SMILES string of the molecule is C=C(C)c1cccc(C(C)(C)NC(=O)OCCCCCC[N+](CC)(CC)CC)c1. The highest BCUT2D eigenvalue weighted by Crippen LogP contribution is 2.23. The molecule has 0 aromatic heterocycles. The third-order valence-corrected chi connectivity index (χ3v) is 6.26. The van der Waals surface area contributed by atoms with Gasteiger partial charge in [0, 0.05) is 0 Å². The Labute approximate surface area is 178 Å². The van der Waals surface area contributed by atoms with Gasteiger partial charge in [0.05, 0.1) is 38.3 Å². The van der Waals surface area contributed by atoms with Crippen LogP contribution in [0, 0.1) is 0 Å². The molecule has 0 saturated heterocycles. The lowest BCUT2D eigenvalue weighted by atomic mass is 9.92. The second-order valence-electron chi connectivity index (χ2n) is 8.68. The smallest absolute Gasteiger partial charge is 0.407 e. The number of hydrogen-bond acceptors (Lipinski definition) is 2. The van der Waals surface area contributed by atoms with E-state index in [0.29, 0.717) is 6.61 Å². The lowest BCUT2D eigenvalue weighted by molar-refractivity contribution is -0.923. The van der Waals surface area contributed by atoms with E-state index in [1.165, 1.54) is 43.5 Å². The summed E-state index contributed by atoms with van der Waals surface area (Å²) in [7, 11) is 0. The Morgan fingerprint density at radius 2 is 1.69 bits per heavy atom. The van der Waals surface area contributed by atoms with Crippen LogP contribution in [-0.4, -0.2) is 43.4 Å². The predicted octanol–water partition coefficient (Wildman–Crippen LogP) is 6.12. The molecule has 29 heavy (non-hydrogen) atoms. The van der Waals surface area contributed by atoms with Gasteiger partial charge in [-0.1, -0.05) is 30.4 Å². The van der Waals surface area contributed by atoms with E-state index in [2.05, 4.69) is 38.7 Å². The molecule has 0 aliphatic rings. The molecule has 0 bridgehead atoms. The van der Waals surface area contributed by atoms with Crippen LogP contribution >= 0.6 is 0 Å². The molecule has 0 spiro atoms. The van der Waals surface area contributed by atoms with Crippen molar-refractivity contribution < 1.29 is 14.0 Å². The van der Waals surface area contributed by atoms with Crippen LogP contribution in [0.5, 0.6) is 0 Å². The van der Waals surface area contributed by atoms with Crippen LogP contribution in [0.3, 0.4) is 0 Å². The van der Waals surface area contributed by atoms with Crippen LogP contribution < -0.4 is 5.32 Å². The van der Waals surface area contributed by atoms with E-state index in [9.17, 15) is 4.79 Å². The van der Waals surface area contributed by atoms with E-state index >= 15 is 0 Å². The minimum absolute atomic E-state index is 0.352. The van der Waals surface area contributed by atoms with Gasteiger partial charge in [-0.25, -0.2) is 4.79 Å². The molecule has 4 heteroatoms. The zero-order valence-corrected chi connectivity index (χ0v) is 19.6. The normalized spacial score (nSPS) is 11.9. The molecule has 4 nitrogen and oxygen atoms in total. The van der Waals surface area contributed by atoms with E-state index in [4.69, 9.17) is 4.74 Å². The largest absolute Gasteiger partial charge is 0.450 e. The topological polar surface area (TPSA) is 38.3 Å². The van der Waals surface area contributed by atoms with Gasteiger partial charge in [0.2, 0.25) is 0 Å². The van der Waals surface area contributed by atoms with Gasteiger partial charge in [0.25, 0.3) is 0 Å². The Morgan fingerprint density at radius 3 is 2.28 bits per heavy atom. The molecule has 0 aliphatic heterocycles. The summed E-state index contributed by atoms with van der Waals surface area (Å²) in [5.74, 6) is 0. The number of carbonyl (C=O) groups is 1. The van der Waals surface area contributed by atoms with Gasteiger partial charge in [0.1, 0.15) is 0 Å². The molecule has 0 fully saturated rings. The monoisotopic (exact) mass is 403 g/mol. The molecule has 1 rings (SSSR count). The number of amides is 1. The van der Waals surface area contributed by atoms with Gasteiger partial charge in [0.15, 0.2) is 0 Å². The average molecular weight is 404 g/mol. The molecule has 0 radical (unpaired) electrons. The third kappa shape index (κ3) is 8.22. The zero-order valence-electron chi connectivity index (χ0n) is 19.6. The van der Waals surface area contributed by atoms with Crippen LogP contribution in [0.2, 0.25) is 0 Å². The number of carbonyl (C=O) groups excluding carboxylic acids is 1. The molecule has 0 saturated carbocycles. The lowest BCUT2D eigenvalue weighted by Crippen LogP contribution is -2.48. The van der Waals surface area contributed by atoms with E-state index in [0.717, 1.165) is 29.5 Å². The fourth-order valence-corrected chi connectivity index (χ4v) is 3.75. The van der Waals surface area contributed by atoms with Crippen LogP contribution in [0.1, 0.15) is 78.4 Å². The minimum Gasteiger partial charge on any atom is -0.450 e. The highest BCUT2D eigenvalue weighted by molar-refractivity contribution is 5.69. The molecular formula is C25H43N2O2+. The van der Waals surface area contributed by atoms with Crippen molar-refractivity contribution in [2.45, 2.75) is 72.8 Å². The number of quaternary nitrogens is 1. The number of rotatable bonds is 13. The Balaban J connectivity index is 2.33. The fourth-order valence-electron chi connectivity index (χ4n) is 3.75. The Morgan fingerprint density at radius 1 is 1.07 bits per heavy atom. The van der Waals surface area contributed by atoms with Crippen LogP contribution in [0.15, 0.2) is 30.8 Å². The van der Waals surface area contributed by atoms with Crippen molar-refractivity contribution in [1.29, 1.82) is 0 Å². The molecule has 164 valence electrons. The van der Waals surface area contributed by atoms with Gasteiger partial charge >= 0.3 is 6.09 Å². The number of ether oxygens (including phenoxy) is 1. The van der Waals surface area contributed by atoms with Crippen molar-refractivity contribution in [3.8, 4) is 0 Å². The van der Waals surface area contributed by atoms with Gasteiger partial charge in [-0.2, -0.15) is 0 Å². The molecule has 1 aromatic rings. The Kier molecular flexibility index (Phi) is 10.5.